The van der Waals surface area contributed by atoms with E-state index < -0.39 is 0 Å². The molecule has 2 atom stereocenters. The van der Waals surface area contributed by atoms with Gasteiger partial charge in [0.15, 0.2) is 0 Å². The molecule has 2 unspecified atom stereocenters. The van der Waals surface area contributed by atoms with Gasteiger partial charge in [-0.05, 0) is 34.2 Å². The molecule has 0 radical (unpaired) electrons. The van der Waals surface area contributed by atoms with E-state index >= 15 is 0 Å². The number of hydrazine groups is 1. The van der Waals surface area contributed by atoms with Gasteiger partial charge in [-0.25, -0.2) is 0 Å². The third-order valence-electron chi connectivity index (χ3n) is 3.60. The van der Waals surface area contributed by atoms with Gasteiger partial charge in [-0.3, -0.25) is 11.3 Å². The van der Waals surface area contributed by atoms with Gasteiger partial charge in [0.05, 0.1) is 6.04 Å². The monoisotopic (exact) mass is 248 g/mol. The van der Waals surface area contributed by atoms with Gasteiger partial charge in [-0.15, -0.1) is 11.3 Å². The zero-order valence-corrected chi connectivity index (χ0v) is 11.4. The predicted octanol–water partition coefficient (Wildman–Crippen LogP) is 3.70. The number of hydrogen-bond donors (Lipinski definition) is 2. The fourth-order valence-corrected chi connectivity index (χ4v) is 3.12. The molecule has 0 saturated heterocycles. The van der Waals surface area contributed by atoms with Crippen LogP contribution >= 0.6 is 11.3 Å². The fourth-order valence-electron chi connectivity index (χ4n) is 2.17. The number of nitrogens with one attached hydrogen (secondary N) is 1. The van der Waals surface area contributed by atoms with Crippen LogP contribution in [0.1, 0.15) is 32.4 Å². The Hall–Kier alpha value is -0.900. The summed E-state index contributed by atoms with van der Waals surface area (Å²) in [7, 11) is 0. The molecular weight excluding hydrogens is 228 g/mol. The van der Waals surface area contributed by atoms with Crippen molar-refractivity contribution in [2.24, 2.45) is 17.7 Å². The first kappa shape index (κ1) is 12.6. The molecule has 0 amide bonds. The van der Waals surface area contributed by atoms with E-state index in [4.69, 9.17) is 5.84 Å². The molecule has 0 bridgehead atoms. The van der Waals surface area contributed by atoms with Crippen molar-refractivity contribution >= 4 is 21.4 Å². The van der Waals surface area contributed by atoms with Crippen LogP contribution in [0.2, 0.25) is 0 Å². The second-order valence-electron chi connectivity index (χ2n) is 4.93. The molecule has 0 aliphatic heterocycles. The Morgan fingerprint density at radius 1 is 1.18 bits per heavy atom. The van der Waals surface area contributed by atoms with Crippen LogP contribution in [0, 0.1) is 11.8 Å². The summed E-state index contributed by atoms with van der Waals surface area (Å²) >= 11 is 1.79. The number of fused-ring (bicyclic) bond motifs is 1. The van der Waals surface area contributed by atoms with Crippen LogP contribution in [0.5, 0.6) is 0 Å². The molecule has 2 rings (SSSR count). The van der Waals surface area contributed by atoms with E-state index in [1.165, 1.54) is 15.6 Å². The van der Waals surface area contributed by atoms with Crippen LogP contribution in [0.25, 0.3) is 10.1 Å². The van der Waals surface area contributed by atoms with Crippen molar-refractivity contribution in [2.75, 3.05) is 0 Å². The highest BCUT2D eigenvalue weighted by Gasteiger charge is 2.22. The first-order valence-electron chi connectivity index (χ1n) is 6.07. The number of thiophene rings is 1. The Morgan fingerprint density at radius 2 is 1.94 bits per heavy atom. The average molecular weight is 248 g/mol. The van der Waals surface area contributed by atoms with Crippen molar-refractivity contribution in [2.45, 2.75) is 26.8 Å². The summed E-state index contributed by atoms with van der Waals surface area (Å²) in [5.74, 6) is 6.87. The predicted molar refractivity (Wildman–Crippen MR) is 75.9 cm³/mol. The zero-order chi connectivity index (χ0) is 12.4. The van der Waals surface area contributed by atoms with E-state index in [1.807, 2.05) is 0 Å². The molecule has 3 N–H and O–H groups in total. The number of hydrogen-bond acceptors (Lipinski definition) is 3. The third kappa shape index (κ3) is 2.37. The minimum atomic E-state index is 0.220. The molecule has 2 aromatic rings. The van der Waals surface area contributed by atoms with Crippen molar-refractivity contribution in [3.8, 4) is 0 Å². The Bertz CT molecular complexity index is 490. The molecule has 0 aliphatic rings. The van der Waals surface area contributed by atoms with Crippen LogP contribution in [0.15, 0.2) is 29.6 Å². The molecule has 0 fully saturated rings. The van der Waals surface area contributed by atoms with E-state index in [1.54, 1.807) is 11.3 Å². The van der Waals surface area contributed by atoms with Gasteiger partial charge in [-0.2, -0.15) is 0 Å². The van der Waals surface area contributed by atoms with Crippen molar-refractivity contribution in [1.82, 2.24) is 5.43 Å². The second kappa shape index (κ2) is 5.17. The molecule has 1 heterocycles. The van der Waals surface area contributed by atoms with Gasteiger partial charge in [0, 0.05) is 4.70 Å². The molecule has 1 aromatic carbocycles. The summed E-state index contributed by atoms with van der Waals surface area (Å²) in [5.41, 5.74) is 4.31. The first-order valence-corrected chi connectivity index (χ1v) is 6.95. The Morgan fingerprint density at radius 3 is 2.59 bits per heavy atom. The summed E-state index contributed by atoms with van der Waals surface area (Å²) in [6.07, 6.45) is 0. The Balaban J connectivity index is 2.46. The van der Waals surface area contributed by atoms with Gasteiger partial charge in [0.25, 0.3) is 0 Å². The van der Waals surface area contributed by atoms with Crippen LogP contribution in [0.3, 0.4) is 0 Å². The van der Waals surface area contributed by atoms with Crippen LogP contribution < -0.4 is 11.3 Å². The quantitative estimate of drug-likeness (QED) is 0.639. The van der Waals surface area contributed by atoms with Gasteiger partial charge >= 0.3 is 0 Å². The van der Waals surface area contributed by atoms with Crippen molar-refractivity contribution < 1.29 is 0 Å². The minimum Gasteiger partial charge on any atom is -0.271 e. The lowest BCUT2D eigenvalue weighted by Crippen LogP contribution is -2.34. The van der Waals surface area contributed by atoms with Gasteiger partial charge in [0.2, 0.25) is 0 Å². The lowest BCUT2D eigenvalue weighted by molar-refractivity contribution is 0.308. The average Bonchev–Trinajstić information content (AvgIpc) is 2.78. The maximum absolute atomic E-state index is 5.76. The minimum absolute atomic E-state index is 0.220. The van der Waals surface area contributed by atoms with Crippen molar-refractivity contribution in [3.63, 3.8) is 0 Å². The molecule has 0 saturated carbocycles. The van der Waals surface area contributed by atoms with Crippen LogP contribution in [-0.2, 0) is 0 Å². The lowest BCUT2D eigenvalue weighted by Gasteiger charge is -2.27. The molecule has 3 heteroatoms. The summed E-state index contributed by atoms with van der Waals surface area (Å²) in [4.78, 5) is 0. The number of nitrogens with two attached hydrogens (primary N) is 1. The molecule has 92 valence electrons. The van der Waals surface area contributed by atoms with E-state index in [0.29, 0.717) is 11.8 Å². The second-order valence-corrected chi connectivity index (χ2v) is 5.85. The molecular formula is C14H20N2S. The molecule has 1 aromatic heterocycles. The third-order valence-corrected chi connectivity index (χ3v) is 4.58. The zero-order valence-electron chi connectivity index (χ0n) is 10.6. The normalized spacial score (nSPS) is 15.4. The summed E-state index contributed by atoms with van der Waals surface area (Å²) in [6.45, 7) is 6.73. The van der Waals surface area contributed by atoms with Crippen molar-refractivity contribution in [1.29, 1.82) is 0 Å². The van der Waals surface area contributed by atoms with Gasteiger partial charge in [0.1, 0.15) is 0 Å². The van der Waals surface area contributed by atoms with Crippen LogP contribution in [-0.4, -0.2) is 0 Å². The highest BCUT2D eigenvalue weighted by atomic mass is 32.1. The van der Waals surface area contributed by atoms with Crippen LogP contribution in [0.4, 0.5) is 0 Å². The van der Waals surface area contributed by atoms with E-state index in [9.17, 15) is 0 Å². The summed E-state index contributed by atoms with van der Waals surface area (Å²) in [5, 5.41) is 3.45. The van der Waals surface area contributed by atoms with E-state index in [2.05, 4.69) is 55.8 Å². The molecule has 0 aliphatic carbocycles. The number of benzene rings is 1. The number of rotatable bonds is 4. The smallest absolute Gasteiger partial charge is 0.0502 e. The topological polar surface area (TPSA) is 38.0 Å². The Labute approximate surface area is 107 Å². The standard InChI is InChI=1S/C14H20N2S/c1-9(2)10(3)13(16-15)12-6-4-5-11-7-8-17-14(11)12/h4-10,13,16H,15H2,1-3H3. The van der Waals surface area contributed by atoms with Gasteiger partial charge in [-0.1, -0.05) is 39.0 Å². The maximum Gasteiger partial charge on any atom is 0.0502 e. The summed E-state index contributed by atoms with van der Waals surface area (Å²) in [6, 6.07) is 8.83. The molecule has 2 nitrogen and oxygen atoms in total. The van der Waals surface area contributed by atoms with Crippen molar-refractivity contribution in [3.05, 3.63) is 35.2 Å². The first-order chi connectivity index (χ1) is 8.15. The SMILES string of the molecule is CC(C)C(C)C(NN)c1cccc2ccsc12. The lowest BCUT2D eigenvalue weighted by atomic mass is 9.86. The Kier molecular flexibility index (Phi) is 3.82. The summed E-state index contributed by atoms with van der Waals surface area (Å²) < 4.78 is 1.35. The van der Waals surface area contributed by atoms with E-state index in [-0.39, 0.29) is 6.04 Å². The highest BCUT2D eigenvalue weighted by Crippen LogP contribution is 2.34. The fraction of sp³-hybridized carbons (Fsp3) is 0.429. The molecule has 0 spiro atoms. The largest absolute Gasteiger partial charge is 0.271 e. The van der Waals surface area contributed by atoms with Gasteiger partial charge < -0.3 is 0 Å². The van der Waals surface area contributed by atoms with E-state index in [0.717, 1.165) is 0 Å². The highest BCUT2D eigenvalue weighted by molar-refractivity contribution is 7.17. The maximum atomic E-state index is 5.76. The molecule has 17 heavy (non-hydrogen) atoms.